The number of carbonyl (C=O) groups excluding carboxylic acids is 1. The van der Waals surface area contributed by atoms with Crippen LogP contribution >= 0.6 is 0 Å². The van der Waals surface area contributed by atoms with Crippen LogP contribution in [-0.2, 0) is 0 Å². The van der Waals surface area contributed by atoms with E-state index in [9.17, 15) is 9.59 Å². The average molecular weight is 336 g/mol. The Morgan fingerprint density at radius 1 is 1.20 bits per heavy atom. The number of rotatable bonds is 4. The minimum atomic E-state index is -1.03. The summed E-state index contributed by atoms with van der Waals surface area (Å²) in [5.41, 5.74) is 1.87. The van der Waals surface area contributed by atoms with Crippen LogP contribution in [0.5, 0.6) is 0 Å². The highest BCUT2D eigenvalue weighted by Gasteiger charge is 2.28. The van der Waals surface area contributed by atoms with Crippen LogP contribution in [-0.4, -0.2) is 39.5 Å². The van der Waals surface area contributed by atoms with Crippen molar-refractivity contribution in [2.45, 2.75) is 25.8 Å². The molecule has 25 heavy (non-hydrogen) atoms. The number of carboxylic acids is 1. The monoisotopic (exact) mass is 336 g/mol. The summed E-state index contributed by atoms with van der Waals surface area (Å²) in [6, 6.07) is 13.0. The molecule has 0 aliphatic carbocycles. The van der Waals surface area contributed by atoms with Gasteiger partial charge in [0.25, 0.3) is 5.91 Å². The number of benzene rings is 1. The third-order valence-corrected chi connectivity index (χ3v) is 4.41. The maximum atomic E-state index is 12.8. The molecule has 1 aliphatic rings. The van der Waals surface area contributed by atoms with Crippen molar-refractivity contribution in [2.24, 2.45) is 0 Å². The van der Waals surface area contributed by atoms with Crippen molar-refractivity contribution in [1.82, 2.24) is 9.88 Å². The lowest BCUT2D eigenvalue weighted by Gasteiger charge is -2.22. The molecule has 1 saturated heterocycles. The van der Waals surface area contributed by atoms with Crippen molar-refractivity contribution in [2.75, 3.05) is 6.54 Å². The van der Waals surface area contributed by atoms with E-state index in [0.29, 0.717) is 17.9 Å². The molecule has 5 heteroatoms. The molecule has 1 amide bonds. The fourth-order valence-electron chi connectivity index (χ4n) is 3.08. The molecule has 0 saturated carbocycles. The van der Waals surface area contributed by atoms with E-state index in [4.69, 9.17) is 5.11 Å². The highest BCUT2D eigenvalue weighted by atomic mass is 16.4. The molecule has 0 spiro atoms. The lowest BCUT2D eigenvalue weighted by atomic mass is 10.1. The van der Waals surface area contributed by atoms with Crippen LogP contribution in [0.25, 0.3) is 6.08 Å². The Kier molecular flexibility index (Phi) is 4.93. The fraction of sp³-hybridized carbons (Fsp3) is 0.250. The predicted molar refractivity (Wildman–Crippen MR) is 95.5 cm³/mol. The Hall–Kier alpha value is -2.95. The fourth-order valence-corrected chi connectivity index (χ4v) is 3.08. The van der Waals surface area contributed by atoms with E-state index in [0.717, 1.165) is 18.4 Å². The zero-order valence-corrected chi connectivity index (χ0v) is 14.1. The number of likely N-dealkylation sites (tertiary alicyclic amines) is 1. The Morgan fingerprint density at radius 2 is 1.96 bits per heavy atom. The number of pyridine rings is 1. The summed E-state index contributed by atoms with van der Waals surface area (Å²) < 4.78 is 0. The van der Waals surface area contributed by atoms with Gasteiger partial charge in [0.2, 0.25) is 0 Å². The Labute approximate surface area is 146 Å². The molecule has 1 atom stereocenters. The highest BCUT2D eigenvalue weighted by molar-refractivity contribution is 5.95. The van der Waals surface area contributed by atoms with Crippen LogP contribution < -0.4 is 0 Å². The van der Waals surface area contributed by atoms with Crippen molar-refractivity contribution in [3.8, 4) is 0 Å². The topological polar surface area (TPSA) is 70.5 Å². The van der Waals surface area contributed by atoms with Crippen LogP contribution in [0.3, 0.4) is 0 Å². The first-order valence-electron chi connectivity index (χ1n) is 8.31. The van der Waals surface area contributed by atoms with Gasteiger partial charge in [-0.3, -0.25) is 4.79 Å². The molecular formula is C20H20N2O3. The lowest BCUT2D eigenvalue weighted by Crippen LogP contribution is -2.35. The molecule has 1 unspecified atom stereocenters. The minimum absolute atomic E-state index is 0.0361. The summed E-state index contributed by atoms with van der Waals surface area (Å²) in [5, 5.41) is 9.08. The van der Waals surface area contributed by atoms with E-state index < -0.39 is 5.97 Å². The van der Waals surface area contributed by atoms with Crippen LogP contribution in [0.4, 0.5) is 0 Å². The molecule has 5 nitrogen and oxygen atoms in total. The lowest BCUT2D eigenvalue weighted by molar-refractivity contribution is 0.0691. The van der Waals surface area contributed by atoms with Gasteiger partial charge in [-0.2, -0.15) is 0 Å². The van der Waals surface area contributed by atoms with Crippen molar-refractivity contribution in [3.05, 3.63) is 71.1 Å². The number of amides is 1. The van der Waals surface area contributed by atoms with Crippen LogP contribution in [0, 0.1) is 6.92 Å². The van der Waals surface area contributed by atoms with Gasteiger partial charge in [0.05, 0.1) is 17.3 Å². The number of carbonyl (C=O) groups is 2. The molecule has 3 rings (SSSR count). The van der Waals surface area contributed by atoms with Gasteiger partial charge in [0.15, 0.2) is 0 Å². The van der Waals surface area contributed by atoms with E-state index in [-0.39, 0.29) is 17.5 Å². The number of aromatic carboxylic acids is 1. The normalized spacial score (nSPS) is 17.2. The van der Waals surface area contributed by atoms with Gasteiger partial charge < -0.3 is 10.0 Å². The number of hydrogen-bond donors (Lipinski definition) is 1. The highest BCUT2D eigenvalue weighted by Crippen LogP contribution is 2.22. The van der Waals surface area contributed by atoms with Crippen LogP contribution in [0.2, 0.25) is 0 Å². The first kappa shape index (κ1) is 16.9. The first-order chi connectivity index (χ1) is 12.1. The Bertz CT molecular complexity index is 815. The van der Waals surface area contributed by atoms with Crippen molar-refractivity contribution in [3.63, 3.8) is 0 Å². The number of nitrogens with zero attached hydrogens (tertiary/aromatic N) is 2. The van der Waals surface area contributed by atoms with Gasteiger partial charge in [0.1, 0.15) is 5.69 Å². The molecule has 128 valence electrons. The molecule has 1 N–H and O–H groups in total. The maximum absolute atomic E-state index is 12.8. The van der Waals surface area contributed by atoms with Crippen molar-refractivity contribution < 1.29 is 14.7 Å². The average Bonchev–Trinajstić information content (AvgIpc) is 3.08. The molecule has 0 radical (unpaired) electrons. The van der Waals surface area contributed by atoms with E-state index in [1.54, 1.807) is 6.92 Å². The van der Waals surface area contributed by atoms with Crippen LogP contribution in [0.1, 0.15) is 44.9 Å². The second-order valence-electron chi connectivity index (χ2n) is 6.11. The van der Waals surface area contributed by atoms with Gasteiger partial charge in [-0.25, -0.2) is 9.78 Å². The van der Waals surface area contributed by atoms with E-state index in [2.05, 4.69) is 11.1 Å². The third kappa shape index (κ3) is 3.76. The molecule has 1 fully saturated rings. The smallest absolute Gasteiger partial charge is 0.337 e. The summed E-state index contributed by atoms with van der Waals surface area (Å²) in [4.78, 5) is 29.9. The standard InChI is InChI=1S/C20H20N2O3/c1-14-17(20(24)25)11-12-18(21-14)19(23)22-13-5-8-16(22)10-9-15-6-3-2-4-7-15/h2-4,6-7,9-12,16H,5,8,13H2,1H3,(H,24,25)/b10-9+. The maximum Gasteiger partial charge on any atom is 0.337 e. The molecule has 1 aromatic carbocycles. The molecule has 2 heterocycles. The zero-order valence-electron chi connectivity index (χ0n) is 14.1. The van der Waals surface area contributed by atoms with E-state index in [1.807, 2.05) is 41.3 Å². The second-order valence-corrected chi connectivity index (χ2v) is 6.11. The van der Waals surface area contributed by atoms with Gasteiger partial charge >= 0.3 is 5.97 Å². The first-order valence-corrected chi connectivity index (χ1v) is 8.31. The Morgan fingerprint density at radius 3 is 2.64 bits per heavy atom. The summed E-state index contributed by atoms with van der Waals surface area (Å²) >= 11 is 0. The van der Waals surface area contributed by atoms with Gasteiger partial charge in [-0.1, -0.05) is 42.5 Å². The quantitative estimate of drug-likeness (QED) is 0.929. The summed E-state index contributed by atoms with van der Waals surface area (Å²) in [6.07, 6.45) is 5.95. The summed E-state index contributed by atoms with van der Waals surface area (Å²) in [5.74, 6) is -1.19. The number of hydrogen-bond acceptors (Lipinski definition) is 3. The van der Waals surface area contributed by atoms with Gasteiger partial charge in [-0.05, 0) is 37.5 Å². The van der Waals surface area contributed by atoms with Gasteiger partial charge in [0, 0.05) is 6.54 Å². The predicted octanol–water partition coefficient (Wildman–Crippen LogP) is 3.41. The van der Waals surface area contributed by atoms with Crippen molar-refractivity contribution >= 4 is 18.0 Å². The number of carboxylic acid groups (broad SMARTS) is 1. The largest absolute Gasteiger partial charge is 0.478 e. The summed E-state index contributed by atoms with van der Waals surface area (Å²) in [7, 11) is 0. The summed E-state index contributed by atoms with van der Waals surface area (Å²) in [6.45, 7) is 2.29. The van der Waals surface area contributed by atoms with Crippen LogP contribution in [0.15, 0.2) is 48.5 Å². The van der Waals surface area contributed by atoms with Gasteiger partial charge in [-0.15, -0.1) is 0 Å². The molecular weight excluding hydrogens is 316 g/mol. The SMILES string of the molecule is Cc1nc(C(=O)N2CCCC2/C=C/c2ccccc2)ccc1C(=O)O. The molecule has 1 aliphatic heterocycles. The zero-order chi connectivity index (χ0) is 17.8. The van der Waals surface area contributed by atoms with E-state index in [1.165, 1.54) is 12.1 Å². The Balaban J connectivity index is 1.78. The molecule has 1 aromatic heterocycles. The molecule has 2 aromatic rings. The third-order valence-electron chi connectivity index (χ3n) is 4.41. The van der Waals surface area contributed by atoms with E-state index >= 15 is 0 Å². The second kappa shape index (κ2) is 7.30. The molecule has 0 bridgehead atoms. The number of aryl methyl sites for hydroxylation is 1. The number of aromatic nitrogens is 1. The minimum Gasteiger partial charge on any atom is -0.478 e. The van der Waals surface area contributed by atoms with Crippen molar-refractivity contribution in [1.29, 1.82) is 0 Å².